The van der Waals surface area contributed by atoms with Gasteiger partial charge in [-0.2, -0.15) is 5.10 Å². The van der Waals surface area contributed by atoms with Gasteiger partial charge >= 0.3 is 0 Å². The number of hydrogen-bond acceptors (Lipinski definition) is 4. The number of aromatic nitrogens is 1. The summed E-state index contributed by atoms with van der Waals surface area (Å²) in [7, 11) is -3.77. The monoisotopic (exact) mass is 459 g/mol. The van der Waals surface area contributed by atoms with Crippen LogP contribution < -0.4 is 11.5 Å². The van der Waals surface area contributed by atoms with E-state index < -0.39 is 10.0 Å². The van der Waals surface area contributed by atoms with Gasteiger partial charge in [0.05, 0.1) is 16.1 Å². The van der Waals surface area contributed by atoms with E-state index in [1.165, 1.54) is 3.97 Å². The summed E-state index contributed by atoms with van der Waals surface area (Å²) in [6.07, 6.45) is 2.04. The second-order valence-electron chi connectivity index (χ2n) is 6.49. The third-order valence-electron chi connectivity index (χ3n) is 4.66. The Morgan fingerprint density at radius 3 is 2.54 bits per heavy atom. The number of halogens is 1. The predicted octanol–water partition coefficient (Wildman–Crippen LogP) is 2.95. The summed E-state index contributed by atoms with van der Waals surface area (Å²) in [4.78, 5) is 0.242. The average Bonchev–Trinajstić information content (AvgIpc) is 3.01. The van der Waals surface area contributed by atoms with E-state index in [0.717, 1.165) is 21.8 Å². The number of nitrogens with two attached hydrogens (primary N) is 2. The number of fused-ring (bicyclic) bond motifs is 3. The van der Waals surface area contributed by atoms with Gasteiger partial charge in [0, 0.05) is 21.1 Å². The maximum atomic E-state index is 13.5. The molecule has 2 aromatic carbocycles. The molecule has 0 atom stereocenters. The Hall–Kier alpha value is -2.65. The maximum Gasteiger partial charge on any atom is 0.268 e. The fourth-order valence-electron chi connectivity index (χ4n) is 3.58. The molecule has 1 heterocycles. The van der Waals surface area contributed by atoms with Crippen molar-refractivity contribution in [2.45, 2.75) is 24.2 Å². The van der Waals surface area contributed by atoms with Gasteiger partial charge in [-0.15, -0.1) is 5.10 Å². The Morgan fingerprint density at radius 1 is 1.07 bits per heavy atom. The number of nitrogens with zero attached hydrogens (tertiary/aromatic N) is 3. The molecule has 0 spiro atoms. The molecule has 1 aliphatic carbocycles. The van der Waals surface area contributed by atoms with Crippen LogP contribution >= 0.6 is 15.9 Å². The number of hydrogen-bond donors (Lipinski definition) is 2. The van der Waals surface area contributed by atoms with Gasteiger partial charge in [0.15, 0.2) is 0 Å². The topological polar surface area (TPSA) is 116 Å². The van der Waals surface area contributed by atoms with Crippen molar-refractivity contribution in [3.8, 4) is 0 Å². The van der Waals surface area contributed by atoms with E-state index in [1.54, 1.807) is 36.4 Å². The summed E-state index contributed by atoms with van der Waals surface area (Å²) in [5, 5.41) is 8.80. The second kappa shape index (κ2) is 7.06. The average molecular weight is 460 g/mol. The number of benzene rings is 2. The van der Waals surface area contributed by atoms with Gasteiger partial charge in [-0.25, -0.2) is 12.4 Å². The van der Waals surface area contributed by atoms with Crippen LogP contribution in [0.1, 0.15) is 24.1 Å². The lowest BCUT2D eigenvalue weighted by atomic mass is 9.94. The first-order chi connectivity index (χ1) is 13.4. The summed E-state index contributed by atoms with van der Waals surface area (Å²) in [5.74, 6) is -0.138. The SMILES string of the molecule is NC(N)=N/N=C1\CCCc2c1c1cc(Br)ccc1n2S(=O)(=O)c1ccccc1. The zero-order valence-electron chi connectivity index (χ0n) is 14.8. The third kappa shape index (κ3) is 3.10. The van der Waals surface area contributed by atoms with Crippen LogP contribution in [0.3, 0.4) is 0 Å². The lowest BCUT2D eigenvalue weighted by Gasteiger charge is -2.17. The maximum absolute atomic E-state index is 13.5. The molecule has 4 rings (SSSR count). The van der Waals surface area contributed by atoms with Gasteiger partial charge in [0.25, 0.3) is 10.0 Å². The molecular weight excluding hydrogens is 442 g/mol. The first kappa shape index (κ1) is 18.7. The molecule has 0 unspecified atom stereocenters. The fraction of sp³-hybridized carbons (Fsp3) is 0.158. The molecule has 0 aliphatic heterocycles. The molecule has 0 amide bonds. The quantitative estimate of drug-likeness (QED) is 0.355. The summed E-state index contributed by atoms with van der Waals surface area (Å²) in [6, 6.07) is 14.0. The van der Waals surface area contributed by atoms with E-state index in [0.29, 0.717) is 29.8 Å². The predicted molar refractivity (Wildman–Crippen MR) is 114 cm³/mol. The minimum Gasteiger partial charge on any atom is -0.369 e. The smallest absolute Gasteiger partial charge is 0.268 e. The van der Waals surface area contributed by atoms with Crippen molar-refractivity contribution < 1.29 is 8.42 Å². The molecule has 0 bridgehead atoms. The molecule has 0 fully saturated rings. The van der Waals surface area contributed by atoms with Gasteiger partial charge in [0.2, 0.25) is 5.96 Å². The zero-order chi connectivity index (χ0) is 19.9. The molecule has 0 saturated carbocycles. The Kier molecular flexibility index (Phi) is 4.72. The molecule has 28 heavy (non-hydrogen) atoms. The van der Waals surface area contributed by atoms with Crippen LogP contribution in [0.5, 0.6) is 0 Å². The van der Waals surface area contributed by atoms with Crippen LogP contribution in [0.25, 0.3) is 10.9 Å². The van der Waals surface area contributed by atoms with Crippen molar-refractivity contribution in [2.24, 2.45) is 21.7 Å². The first-order valence-electron chi connectivity index (χ1n) is 8.69. The molecule has 3 aromatic rings. The van der Waals surface area contributed by atoms with Crippen LogP contribution in [0, 0.1) is 0 Å². The zero-order valence-corrected chi connectivity index (χ0v) is 17.2. The van der Waals surface area contributed by atoms with Crippen LogP contribution in [0.4, 0.5) is 0 Å². The van der Waals surface area contributed by atoms with E-state index in [9.17, 15) is 8.42 Å². The molecule has 4 N–H and O–H groups in total. The van der Waals surface area contributed by atoms with E-state index in [1.807, 2.05) is 12.1 Å². The Labute approximate surface area is 170 Å². The van der Waals surface area contributed by atoms with Gasteiger partial charge < -0.3 is 11.5 Å². The van der Waals surface area contributed by atoms with Crippen LogP contribution in [0.2, 0.25) is 0 Å². The van der Waals surface area contributed by atoms with Crippen molar-refractivity contribution in [3.63, 3.8) is 0 Å². The van der Waals surface area contributed by atoms with Crippen LogP contribution in [-0.4, -0.2) is 24.1 Å². The first-order valence-corrected chi connectivity index (χ1v) is 10.9. The van der Waals surface area contributed by atoms with Crippen molar-refractivity contribution in [1.29, 1.82) is 0 Å². The Bertz CT molecular complexity index is 1230. The molecule has 0 saturated heterocycles. The number of guanidine groups is 1. The van der Waals surface area contributed by atoms with E-state index >= 15 is 0 Å². The third-order valence-corrected chi connectivity index (χ3v) is 6.92. The molecule has 144 valence electrons. The van der Waals surface area contributed by atoms with Gasteiger partial charge in [-0.05, 0) is 49.6 Å². The minimum atomic E-state index is -3.77. The molecule has 9 heteroatoms. The molecule has 7 nitrogen and oxygen atoms in total. The summed E-state index contributed by atoms with van der Waals surface area (Å²) < 4.78 is 29.2. The lowest BCUT2D eigenvalue weighted by Crippen LogP contribution is -2.23. The summed E-state index contributed by atoms with van der Waals surface area (Å²) >= 11 is 3.48. The minimum absolute atomic E-state index is 0.138. The van der Waals surface area contributed by atoms with Gasteiger partial charge in [-0.1, -0.05) is 34.1 Å². The lowest BCUT2D eigenvalue weighted by molar-refractivity contribution is 0.586. The highest BCUT2D eigenvalue weighted by Crippen LogP contribution is 2.36. The molecule has 1 aromatic heterocycles. The normalized spacial score (nSPS) is 15.5. The summed E-state index contributed by atoms with van der Waals surface area (Å²) in [6.45, 7) is 0. The highest BCUT2D eigenvalue weighted by molar-refractivity contribution is 9.10. The number of rotatable bonds is 3. The van der Waals surface area contributed by atoms with Crippen molar-refractivity contribution in [2.75, 3.05) is 0 Å². The van der Waals surface area contributed by atoms with Gasteiger partial charge in [0.1, 0.15) is 0 Å². The van der Waals surface area contributed by atoms with Crippen LogP contribution in [-0.2, 0) is 16.4 Å². The van der Waals surface area contributed by atoms with E-state index in [-0.39, 0.29) is 10.9 Å². The van der Waals surface area contributed by atoms with E-state index in [4.69, 9.17) is 11.5 Å². The standard InChI is InChI=1S/C19H18BrN5O2S/c20-12-9-10-16-14(11-12)18-15(23-24-19(21)22)7-4-8-17(18)25(16)28(26,27)13-5-2-1-3-6-13/h1-3,5-6,9-11H,4,7-8H2,(H4,21,22,24)/b23-15+. The summed E-state index contributed by atoms with van der Waals surface area (Å²) in [5.41, 5.74) is 13.6. The molecule has 0 radical (unpaired) electrons. The fourth-order valence-corrected chi connectivity index (χ4v) is 5.54. The highest BCUT2D eigenvalue weighted by Gasteiger charge is 2.30. The molecular formula is C19H18BrN5O2S. The largest absolute Gasteiger partial charge is 0.369 e. The van der Waals surface area contributed by atoms with Crippen molar-refractivity contribution in [1.82, 2.24) is 3.97 Å². The van der Waals surface area contributed by atoms with Crippen molar-refractivity contribution in [3.05, 3.63) is 64.3 Å². The van der Waals surface area contributed by atoms with Crippen LogP contribution in [0.15, 0.2) is 68.1 Å². The Morgan fingerprint density at radius 2 is 1.82 bits per heavy atom. The van der Waals surface area contributed by atoms with Gasteiger partial charge in [-0.3, -0.25) is 0 Å². The second-order valence-corrected chi connectivity index (χ2v) is 9.19. The Balaban J connectivity index is 2.08. The highest BCUT2D eigenvalue weighted by atomic mass is 79.9. The molecule has 1 aliphatic rings. The van der Waals surface area contributed by atoms with Crippen molar-refractivity contribution >= 4 is 48.5 Å². The van der Waals surface area contributed by atoms with E-state index in [2.05, 4.69) is 26.1 Å².